The van der Waals surface area contributed by atoms with Crippen LogP contribution in [0, 0.1) is 0 Å². The Balaban J connectivity index is 2.08. The third-order valence-corrected chi connectivity index (χ3v) is 4.62. The smallest absolute Gasteiger partial charge is 0.110 e. The molecule has 0 spiro atoms. The Hall–Kier alpha value is -0.910. The summed E-state index contributed by atoms with van der Waals surface area (Å²) in [6.07, 6.45) is 7.44. The summed E-state index contributed by atoms with van der Waals surface area (Å²) in [6.45, 7) is 6.77. The van der Waals surface area contributed by atoms with Crippen LogP contribution in [0.1, 0.15) is 25.6 Å². The van der Waals surface area contributed by atoms with E-state index in [9.17, 15) is 0 Å². The maximum atomic E-state index is 4.58. The third kappa shape index (κ3) is 4.28. The van der Waals surface area contributed by atoms with Gasteiger partial charge in [-0.2, -0.15) is 0 Å². The van der Waals surface area contributed by atoms with E-state index >= 15 is 0 Å². The number of likely N-dealkylation sites (N-methyl/N-ethyl adjacent to an activating group) is 3. The van der Waals surface area contributed by atoms with Gasteiger partial charge < -0.3 is 19.7 Å². The SMILES string of the molecule is CCCn1ccnc1CC(NC)C1CN(C)CCCN1C. The second-order valence-corrected chi connectivity index (χ2v) is 6.30. The van der Waals surface area contributed by atoms with Gasteiger partial charge in [-0.25, -0.2) is 4.98 Å². The number of nitrogens with one attached hydrogen (secondary N) is 1. The number of rotatable bonds is 6. The zero-order valence-corrected chi connectivity index (χ0v) is 14.0. The summed E-state index contributed by atoms with van der Waals surface area (Å²) in [5, 5.41) is 3.54. The lowest BCUT2D eigenvalue weighted by Crippen LogP contribution is -2.52. The van der Waals surface area contributed by atoms with Crippen molar-refractivity contribution in [1.29, 1.82) is 0 Å². The van der Waals surface area contributed by atoms with Crippen molar-refractivity contribution < 1.29 is 0 Å². The lowest BCUT2D eigenvalue weighted by Gasteiger charge is -2.34. The molecule has 1 aromatic rings. The largest absolute Gasteiger partial charge is 0.335 e. The molecule has 1 saturated heterocycles. The van der Waals surface area contributed by atoms with Gasteiger partial charge in [0.05, 0.1) is 0 Å². The topological polar surface area (TPSA) is 36.3 Å². The van der Waals surface area contributed by atoms with Gasteiger partial charge in [0.25, 0.3) is 0 Å². The van der Waals surface area contributed by atoms with Gasteiger partial charge in [0, 0.05) is 44.0 Å². The predicted octanol–water partition coefficient (Wildman–Crippen LogP) is 1.06. The molecule has 120 valence electrons. The summed E-state index contributed by atoms with van der Waals surface area (Å²) in [7, 11) is 6.57. The highest BCUT2D eigenvalue weighted by molar-refractivity contribution is 4.99. The molecule has 0 aromatic carbocycles. The Labute approximate surface area is 129 Å². The lowest BCUT2D eigenvalue weighted by atomic mass is 10.0. The number of imidazole rings is 1. The molecule has 5 nitrogen and oxygen atoms in total. The van der Waals surface area contributed by atoms with Crippen molar-refractivity contribution in [2.45, 2.75) is 44.8 Å². The molecule has 1 N–H and O–H groups in total. The Morgan fingerprint density at radius 2 is 2.19 bits per heavy atom. The number of hydrogen-bond donors (Lipinski definition) is 1. The number of aryl methyl sites for hydroxylation is 1. The minimum absolute atomic E-state index is 0.438. The van der Waals surface area contributed by atoms with Gasteiger partial charge >= 0.3 is 0 Å². The van der Waals surface area contributed by atoms with Crippen LogP contribution in [-0.4, -0.2) is 72.2 Å². The first-order chi connectivity index (χ1) is 10.2. The van der Waals surface area contributed by atoms with Crippen molar-refractivity contribution in [3.63, 3.8) is 0 Å². The zero-order valence-electron chi connectivity index (χ0n) is 14.0. The Morgan fingerprint density at radius 3 is 2.90 bits per heavy atom. The fourth-order valence-electron chi connectivity index (χ4n) is 3.34. The minimum atomic E-state index is 0.438. The summed E-state index contributed by atoms with van der Waals surface area (Å²) in [6, 6.07) is 0.975. The van der Waals surface area contributed by atoms with E-state index in [0.717, 1.165) is 25.9 Å². The highest BCUT2D eigenvalue weighted by Gasteiger charge is 2.28. The van der Waals surface area contributed by atoms with Crippen molar-refractivity contribution in [3.05, 3.63) is 18.2 Å². The van der Waals surface area contributed by atoms with Gasteiger partial charge in [-0.1, -0.05) is 6.92 Å². The number of aromatic nitrogens is 2. The van der Waals surface area contributed by atoms with Gasteiger partial charge in [0.15, 0.2) is 0 Å². The van der Waals surface area contributed by atoms with E-state index in [1.165, 1.54) is 25.3 Å². The van der Waals surface area contributed by atoms with E-state index in [-0.39, 0.29) is 0 Å². The van der Waals surface area contributed by atoms with Crippen LogP contribution in [0.4, 0.5) is 0 Å². The summed E-state index contributed by atoms with van der Waals surface area (Å²) < 4.78 is 2.30. The normalized spacial score (nSPS) is 23.1. The van der Waals surface area contributed by atoms with Crippen LogP contribution in [0.5, 0.6) is 0 Å². The maximum Gasteiger partial charge on any atom is 0.110 e. The molecule has 1 fully saturated rings. The van der Waals surface area contributed by atoms with Crippen LogP contribution in [-0.2, 0) is 13.0 Å². The maximum absolute atomic E-state index is 4.58. The fourth-order valence-corrected chi connectivity index (χ4v) is 3.34. The van der Waals surface area contributed by atoms with E-state index in [1.807, 2.05) is 6.20 Å². The number of hydrogen-bond acceptors (Lipinski definition) is 4. The van der Waals surface area contributed by atoms with Gasteiger partial charge in [-0.05, 0) is 47.1 Å². The van der Waals surface area contributed by atoms with E-state index in [2.05, 4.69) is 58.9 Å². The predicted molar refractivity (Wildman–Crippen MR) is 87.6 cm³/mol. The molecule has 0 aliphatic carbocycles. The minimum Gasteiger partial charge on any atom is -0.335 e. The number of nitrogens with zero attached hydrogens (tertiary/aromatic N) is 4. The van der Waals surface area contributed by atoms with Crippen molar-refractivity contribution in [3.8, 4) is 0 Å². The van der Waals surface area contributed by atoms with E-state index in [0.29, 0.717) is 12.1 Å². The van der Waals surface area contributed by atoms with E-state index in [1.54, 1.807) is 0 Å². The second kappa shape index (κ2) is 7.92. The van der Waals surface area contributed by atoms with Crippen LogP contribution < -0.4 is 5.32 Å². The molecule has 0 amide bonds. The summed E-state index contributed by atoms with van der Waals surface area (Å²) in [5.41, 5.74) is 0. The first-order valence-corrected chi connectivity index (χ1v) is 8.21. The average Bonchev–Trinajstić information content (AvgIpc) is 2.82. The van der Waals surface area contributed by atoms with Gasteiger partial charge in [-0.15, -0.1) is 0 Å². The zero-order chi connectivity index (χ0) is 15.2. The standard InChI is InChI=1S/C16H31N5/c1-5-8-21-11-7-18-16(21)12-14(17-2)15-13-19(3)9-6-10-20(15)4/h7,11,14-15,17H,5-6,8-10,12-13H2,1-4H3. The first-order valence-electron chi connectivity index (χ1n) is 8.21. The van der Waals surface area contributed by atoms with Crippen molar-refractivity contribution in [2.75, 3.05) is 40.8 Å². The van der Waals surface area contributed by atoms with Gasteiger partial charge in [-0.3, -0.25) is 0 Å². The van der Waals surface area contributed by atoms with Gasteiger partial charge in [0.1, 0.15) is 5.82 Å². The van der Waals surface area contributed by atoms with Crippen LogP contribution in [0.2, 0.25) is 0 Å². The molecule has 2 unspecified atom stereocenters. The monoisotopic (exact) mass is 293 g/mol. The molecule has 2 rings (SSSR count). The Kier molecular flexibility index (Phi) is 6.21. The van der Waals surface area contributed by atoms with Crippen LogP contribution in [0.25, 0.3) is 0 Å². The van der Waals surface area contributed by atoms with Gasteiger partial charge in [0.2, 0.25) is 0 Å². The van der Waals surface area contributed by atoms with Crippen molar-refractivity contribution in [2.24, 2.45) is 0 Å². The lowest BCUT2D eigenvalue weighted by molar-refractivity contribution is 0.179. The van der Waals surface area contributed by atoms with Crippen molar-refractivity contribution in [1.82, 2.24) is 24.7 Å². The quantitative estimate of drug-likeness (QED) is 0.851. The van der Waals surface area contributed by atoms with Crippen LogP contribution >= 0.6 is 0 Å². The summed E-state index contributed by atoms with van der Waals surface area (Å²) in [4.78, 5) is 9.54. The molecular weight excluding hydrogens is 262 g/mol. The van der Waals surface area contributed by atoms with Crippen LogP contribution in [0.3, 0.4) is 0 Å². The molecule has 21 heavy (non-hydrogen) atoms. The molecule has 1 aliphatic heterocycles. The molecule has 0 bridgehead atoms. The van der Waals surface area contributed by atoms with E-state index in [4.69, 9.17) is 0 Å². The van der Waals surface area contributed by atoms with Crippen LogP contribution in [0.15, 0.2) is 12.4 Å². The van der Waals surface area contributed by atoms with Crippen molar-refractivity contribution >= 4 is 0 Å². The Morgan fingerprint density at radius 1 is 1.38 bits per heavy atom. The first kappa shape index (κ1) is 16.5. The summed E-state index contributed by atoms with van der Waals surface area (Å²) in [5.74, 6) is 1.21. The highest BCUT2D eigenvalue weighted by atomic mass is 15.2. The second-order valence-electron chi connectivity index (χ2n) is 6.30. The molecule has 1 aliphatic rings. The fraction of sp³-hybridized carbons (Fsp3) is 0.812. The molecule has 1 aromatic heterocycles. The molecule has 2 heterocycles. The average molecular weight is 293 g/mol. The molecule has 2 atom stereocenters. The van der Waals surface area contributed by atoms with E-state index < -0.39 is 0 Å². The third-order valence-electron chi connectivity index (χ3n) is 4.62. The molecular formula is C16H31N5. The highest BCUT2D eigenvalue weighted by Crippen LogP contribution is 2.14. The Bertz CT molecular complexity index is 417. The molecule has 0 radical (unpaired) electrons. The molecule has 5 heteroatoms. The summed E-state index contributed by atoms with van der Waals surface area (Å²) >= 11 is 0. The molecule has 0 saturated carbocycles.